The van der Waals surface area contributed by atoms with Gasteiger partial charge in [-0.1, -0.05) is 44.9 Å². The zero-order valence-corrected chi connectivity index (χ0v) is 14.2. The van der Waals surface area contributed by atoms with Gasteiger partial charge in [0.25, 0.3) is 5.91 Å². The average molecular weight is 324 g/mol. The Morgan fingerprint density at radius 1 is 1.30 bits per heavy atom. The highest BCUT2D eigenvalue weighted by atomic mass is 16.4. The number of β-lactam (4-membered cyclic amide) rings is 1. The van der Waals surface area contributed by atoms with Gasteiger partial charge in [0.15, 0.2) is 0 Å². The van der Waals surface area contributed by atoms with E-state index < -0.39 is 23.6 Å². The Bertz CT molecular complexity index is 458. The van der Waals surface area contributed by atoms with E-state index in [0.717, 1.165) is 30.1 Å². The van der Waals surface area contributed by atoms with E-state index in [9.17, 15) is 19.5 Å². The second kappa shape index (κ2) is 7.32. The van der Waals surface area contributed by atoms with Crippen molar-refractivity contribution in [3.05, 3.63) is 0 Å². The molecule has 6 heteroatoms. The molecule has 23 heavy (non-hydrogen) atoms. The minimum Gasteiger partial charge on any atom is -0.465 e. The highest BCUT2D eigenvalue weighted by Crippen LogP contribution is 2.34. The van der Waals surface area contributed by atoms with Crippen molar-refractivity contribution in [2.24, 2.45) is 5.92 Å². The minimum absolute atomic E-state index is 0.356. The van der Waals surface area contributed by atoms with Crippen molar-refractivity contribution in [1.82, 2.24) is 9.80 Å². The number of amides is 3. The first-order valence-electron chi connectivity index (χ1n) is 8.67. The molecule has 0 bridgehead atoms. The number of unbranched alkanes of at least 4 members (excludes halogenated alkanes) is 1. The van der Waals surface area contributed by atoms with Crippen LogP contribution in [0.25, 0.3) is 0 Å². The fourth-order valence-corrected chi connectivity index (χ4v) is 4.01. The van der Waals surface area contributed by atoms with Crippen LogP contribution in [0.4, 0.5) is 4.79 Å². The second-order valence-electron chi connectivity index (χ2n) is 7.35. The topological polar surface area (TPSA) is 77.9 Å². The number of carbonyl (C=O) groups is 3. The Labute approximate surface area is 137 Å². The predicted octanol–water partition coefficient (Wildman–Crippen LogP) is 2.86. The number of carbonyl (C=O) groups excluding carboxylic acids is 2. The van der Waals surface area contributed by atoms with Gasteiger partial charge in [-0.05, 0) is 26.2 Å². The molecule has 0 spiro atoms. The van der Waals surface area contributed by atoms with E-state index in [1.165, 1.54) is 37.0 Å². The number of imide groups is 1. The molecule has 0 aromatic rings. The molecular weight excluding hydrogens is 296 g/mol. The molecular formula is C17H28N2O4. The van der Waals surface area contributed by atoms with Gasteiger partial charge in [-0.2, -0.15) is 0 Å². The Morgan fingerprint density at radius 2 is 1.96 bits per heavy atom. The van der Waals surface area contributed by atoms with E-state index in [1.54, 1.807) is 13.8 Å². The molecule has 3 amide bonds. The molecule has 0 radical (unpaired) electrons. The number of likely N-dealkylation sites (tertiary alicyclic amines) is 1. The number of hydrogen-bond donors (Lipinski definition) is 1. The van der Waals surface area contributed by atoms with Gasteiger partial charge >= 0.3 is 6.09 Å². The minimum atomic E-state index is -1.08. The van der Waals surface area contributed by atoms with Crippen LogP contribution in [0, 0.1) is 5.92 Å². The number of carboxylic acid groups (broad SMARTS) is 1. The van der Waals surface area contributed by atoms with E-state index in [1.807, 2.05) is 0 Å². The molecule has 2 fully saturated rings. The maximum absolute atomic E-state index is 12.0. The van der Waals surface area contributed by atoms with Gasteiger partial charge in [0.05, 0.1) is 5.54 Å². The zero-order valence-electron chi connectivity index (χ0n) is 14.2. The lowest BCUT2D eigenvalue weighted by atomic mass is 9.81. The maximum Gasteiger partial charge on any atom is 0.408 e. The third-order valence-electron chi connectivity index (χ3n) is 5.41. The maximum atomic E-state index is 12.0. The molecule has 0 aromatic heterocycles. The molecule has 130 valence electrons. The molecule has 0 aromatic carbocycles. The van der Waals surface area contributed by atoms with Crippen LogP contribution in [0.15, 0.2) is 0 Å². The Kier molecular flexibility index (Phi) is 5.65. The summed E-state index contributed by atoms with van der Waals surface area (Å²) < 4.78 is 0. The zero-order chi connectivity index (χ0) is 17.0. The summed E-state index contributed by atoms with van der Waals surface area (Å²) >= 11 is 0. The van der Waals surface area contributed by atoms with Gasteiger partial charge in [0, 0.05) is 6.54 Å². The molecule has 1 atom stereocenters. The van der Waals surface area contributed by atoms with Crippen LogP contribution in [0.2, 0.25) is 0 Å². The largest absolute Gasteiger partial charge is 0.465 e. The number of nitrogens with zero attached hydrogens (tertiary/aromatic N) is 2. The van der Waals surface area contributed by atoms with Gasteiger partial charge in [0.1, 0.15) is 6.04 Å². The summed E-state index contributed by atoms with van der Waals surface area (Å²) in [6.07, 6.45) is 8.89. The first-order chi connectivity index (χ1) is 10.9. The van der Waals surface area contributed by atoms with Crippen molar-refractivity contribution in [3.8, 4) is 0 Å². The van der Waals surface area contributed by atoms with Crippen molar-refractivity contribution < 1.29 is 19.5 Å². The fourth-order valence-electron chi connectivity index (χ4n) is 4.01. The summed E-state index contributed by atoms with van der Waals surface area (Å²) in [4.78, 5) is 36.8. The van der Waals surface area contributed by atoms with Crippen molar-refractivity contribution >= 4 is 18.4 Å². The smallest absolute Gasteiger partial charge is 0.408 e. The molecule has 0 unspecified atom stereocenters. The van der Waals surface area contributed by atoms with E-state index in [2.05, 4.69) is 0 Å². The third kappa shape index (κ3) is 3.67. The first kappa shape index (κ1) is 17.8. The molecule has 2 rings (SSSR count). The lowest BCUT2D eigenvalue weighted by Gasteiger charge is -2.53. The van der Waals surface area contributed by atoms with E-state index in [-0.39, 0.29) is 0 Å². The van der Waals surface area contributed by atoms with Crippen molar-refractivity contribution in [2.75, 3.05) is 6.54 Å². The Morgan fingerprint density at radius 3 is 2.48 bits per heavy atom. The molecule has 1 saturated carbocycles. The fraction of sp³-hybridized carbons (Fsp3) is 0.824. The highest BCUT2D eigenvalue weighted by Gasteiger charge is 2.58. The Hall–Kier alpha value is -1.59. The third-order valence-corrected chi connectivity index (χ3v) is 5.41. The summed E-state index contributed by atoms with van der Waals surface area (Å²) in [7, 11) is 0. The molecule has 1 saturated heterocycles. The van der Waals surface area contributed by atoms with E-state index >= 15 is 0 Å². The number of rotatable bonds is 7. The number of hydrogen-bond acceptors (Lipinski definition) is 3. The average Bonchev–Trinajstić information content (AvgIpc) is 2.51. The summed E-state index contributed by atoms with van der Waals surface area (Å²) in [5, 5.41) is 9.43. The monoisotopic (exact) mass is 324 g/mol. The van der Waals surface area contributed by atoms with Gasteiger partial charge in [0.2, 0.25) is 6.41 Å². The molecule has 1 heterocycles. The van der Waals surface area contributed by atoms with Crippen molar-refractivity contribution in [2.45, 2.75) is 76.8 Å². The van der Waals surface area contributed by atoms with Gasteiger partial charge in [-0.15, -0.1) is 0 Å². The lowest BCUT2D eigenvalue weighted by molar-refractivity contribution is -0.171. The van der Waals surface area contributed by atoms with Crippen LogP contribution in [-0.4, -0.2) is 51.4 Å². The SMILES string of the molecule is CC1(C)[C@H](N(CCCCC2CCCCC2)C(=O)O)C(=O)N1C=O. The highest BCUT2D eigenvalue weighted by molar-refractivity contribution is 6.00. The van der Waals surface area contributed by atoms with Crippen LogP contribution in [0.1, 0.15) is 65.2 Å². The van der Waals surface area contributed by atoms with Crippen LogP contribution in [-0.2, 0) is 9.59 Å². The molecule has 1 aliphatic carbocycles. The lowest BCUT2D eigenvalue weighted by Crippen LogP contribution is -2.76. The normalized spacial score (nSPS) is 24.2. The van der Waals surface area contributed by atoms with Crippen molar-refractivity contribution in [3.63, 3.8) is 0 Å². The van der Waals surface area contributed by atoms with Crippen LogP contribution >= 0.6 is 0 Å². The molecule has 1 N–H and O–H groups in total. The van der Waals surface area contributed by atoms with Crippen LogP contribution in [0.3, 0.4) is 0 Å². The quantitative estimate of drug-likeness (QED) is 0.444. The summed E-state index contributed by atoms with van der Waals surface area (Å²) in [6, 6.07) is -0.750. The standard InChI is InChI=1S/C17H28N2O4/c1-17(2)14(15(21)19(17)12-20)18(16(22)23)11-7-6-10-13-8-4-3-5-9-13/h12-14H,3-11H2,1-2H3,(H,22,23)/t14-/m1/s1. The van der Waals surface area contributed by atoms with Crippen LogP contribution < -0.4 is 0 Å². The molecule has 2 aliphatic rings. The van der Waals surface area contributed by atoms with Gasteiger partial charge in [-0.25, -0.2) is 4.79 Å². The molecule has 6 nitrogen and oxygen atoms in total. The van der Waals surface area contributed by atoms with Crippen molar-refractivity contribution in [1.29, 1.82) is 0 Å². The van der Waals surface area contributed by atoms with E-state index in [4.69, 9.17) is 0 Å². The van der Waals surface area contributed by atoms with Gasteiger partial charge in [-0.3, -0.25) is 19.4 Å². The summed E-state index contributed by atoms with van der Waals surface area (Å²) in [5.74, 6) is 0.369. The predicted molar refractivity (Wildman–Crippen MR) is 85.9 cm³/mol. The molecule has 1 aliphatic heterocycles. The Balaban J connectivity index is 1.83. The summed E-state index contributed by atoms with van der Waals surface area (Å²) in [6.45, 7) is 3.81. The van der Waals surface area contributed by atoms with Crippen LogP contribution in [0.5, 0.6) is 0 Å². The summed E-state index contributed by atoms with van der Waals surface area (Å²) in [5.41, 5.74) is -0.763. The van der Waals surface area contributed by atoms with E-state index in [0.29, 0.717) is 13.0 Å². The first-order valence-corrected chi connectivity index (χ1v) is 8.67. The van der Waals surface area contributed by atoms with Gasteiger partial charge < -0.3 is 5.11 Å². The second-order valence-corrected chi connectivity index (χ2v) is 7.35.